The van der Waals surface area contributed by atoms with Crippen LogP contribution in [-0.4, -0.2) is 61.6 Å². The van der Waals surface area contributed by atoms with Crippen LogP contribution in [-0.2, 0) is 0 Å². The summed E-state index contributed by atoms with van der Waals surface area (Å²) >= 11 is 1.89. The third kappa shape index (κ3) is 9.84. The highest BCUT2D eigenvalue weighted by Gasteiger charge is 2.19. The van der Waals surface area contributed by atoms with Crippen molar-refractivity contribution in [1.82, 2.24) is 15.5 Å². The number of piperidine rings is 1. The maximum Gasteiger partial charge on any atom is 0.191 e. The molecule has 126 valence electrons. The fourth-order valence-corrected chi connectivity index (χ4v) is 2.95. The number of hydrogen-bond donors (Lipinski definition) is 2. The minimum Gasteiger partial charge on any atom is -0.357 e. The first kappa shape index (κ1) is 21.3. The SMILES string of the molecule is CCCN1CCC(NC(=NCCCSC)NCC)CC1.I. The standard InChI is InChI=1S/C15H32N4S.HI/c1-4-10-19-11-7-14(8-12-19)18-15(16-5-2)17-9-6-13-20-3;/h14H,4-13H2,1-3H3,(H2,16,17,18);1H. The molecule has 1 fully saturated rings. The molecule has 1 aliphatic rings. The first-order chi connectivity index (χ1) is 9.80. The Morgan fingerprint density at radius 2 is 2.00 bits per heavy atom. The average Bonchev–Trinajstić information content (AvgIpc) is 2.46. The van der Waals surface area contributed by atoms with Crippen molar-refractivity contribution in [3.63, 3.8) is 0 Å². The van der Waals surface area contributed by atoms with Crippen LogP contribution in [0.3, 0.4) is 0 Å². The second-order valence-corrected chi connectivity index (χ2v) is 6.35. The van der Waals surface area contributed by atoms with E-state index in [4.69, 9.17) is 0 Å². The van der Waals surface area contributed by atoms with Gasteiger partial charge in [-0.3, -0.25) is 4.99 Å². The molecule has 1 heterocycles. The largest absolute Gasteiger partial charge is 0.357 e. The average molecular weight is 428 g/mol. The molecule has 0 bridgehead atoms. The zero-order chi connectivity index (χ0) is 14.6. The van der Waals surface area contributed by atoms with Crippen LogP contribution in [0.2, 0.25) is 0 Å². The van der Waals surface area contributed by atoms with Gasteiger partial charge in [-0.1, -0.05) is 6.92 Å². The Morgan fingerprint density at radius 1 is 1.29 bits per heavy atom. The zero-order valence-corrected chi connectivity index (χ0v) is 17.0. The Hall–Kier alpha value is 0.310. The number of nitrogens with one attached hydrogen (secondary N) is 2. The fourth-order valence-electron chi connectivity index (χ4n) is 2.53. The number of likely N-dealkylation sites (tertiary alicyclic amines) is 1. The molecule has 0 saturated carbocycles. The number of halogens is 1. The number of hydrogen-bond acceptors (Lipinski definition) is 3. The molecular formula is C15H33IN4S. The highest BCUT2D eigenvalue weighted by molar-refractivity contribution is 14.0. The van der Waals surface area contributed by atoms with E-state index in [1.54, 1.807) is 0 Å². The second-order valence-electron chi connectivity index (χ2n) is 5.37. The van der Waals surface area contributed by atoms with E-state index in [2.05, 4.69) is 40.6 Å². The number of thioether (sulfide) groups is 1. The third-order valence-electron chi connectivity index (χ3n) is 3.59. The summed E-state index contributed by atoms with van der Waals surface area (Å²) in [6, 6.07) is 0.585. The van der Waals surface area contributed by atoms with Gasteiger partial charge in [0.2, 0.25) is 0 Å². The second kappa shape index (κ2) is 13.9. The molecule has 6 heteroatoms. The highest BCUT2D eigenvalue weighted by atomic mass is 127. The molecule has 1 saturated heterocycles. The van der Waals surface area contributed by atoms with Crippen LogP contribution in [0, 0.1) is 0 Å². The summed E-state index contributed by atoms with van der Waals surface area (Å²) in [5.74, 6) is 2.20. The zero-order valence-electron chi connectivity index (χ0n) is 13.9. The molecular weight excluding hydrogens is 395 g/mol. The van der Waals surface area contributed by atoms with Crippen LogP contribution in [0.1, 0.15) is 39.5 Å². The molecule has 1 rings (SSSR count). The summed E-state index contributed by atoms with van der Waals surface area (Å²) in [6.07, 6.45) is 7.03. The quantitative estimate of drug-likeness (QED) is 0.270. The molecule has 0 spiro atoms. The summed E-state index contributed by atoms with van der Waals surface area (Å²) in [4.78, 5) is 7.24. The molecule has 0 aromatic carbocycles. The van der Waals surface area contributed by atoms with Crippen LogP contribution < -0.4 is 10.6 Å². The van der Waals surface area contributed by atoms with Crippen molar-refractivity contribution >= 4 is 41.7 Å². The lowest BCUT2D eigenvalue weighted by atomic mass is 10.1. The smallest absolute Gasteiger partial charge is 0.191 e. The lowest BCUT2D eigenvalue weighted by Gasteiger charge is -2.32. The number of rotatable bonds is 8. The first-order valence-electron chi connectivity index (χ1n) is 8.06. The lowest BCUT2D eigenvalue weighted by molar-refractivity contribution is 0.206. The summed E-state index contributed by atoms with van der Waals surface area (Å²) in [5, 5.41) is 6.96. The first-order valence-corrected chi connectivity index (χ1v) is 9.45. The number of aliphatic imine (C=N–C) groups is 1. The molecule has 0 amide bonds. The van der Waals surface area contributed by atoms with Gasteiger partial charge in [0.1, 0.15) is 0 Å². The topological polar surface area (TPSA) is 39.7 Å². The van der Waals surface area contributed by atoms with Gasteiger partial charge in [0.05, 0.1) is 0 Å². The van der Waals surface area contributed by atoms with E-state index in [-0.39, 0.29) is 24.0 Å². The van der Waals surface area contributed by atoms with Crippen molar-refractivity contribution in [1.29, 1.82) is 0 Å². The monoisotopic (exact) mass is 428 g/mol. The van der Waals surface area contributed by atoms with E-state index in [0.717, 1.165) is 25.5 Å². The van der Waals surface area contributed by atoms with Crippen LogP contribution in [0.25, 0.3) is 0 Å². The molecule has 2 N–H and O–H groups in total. The Morgan fingerprint density at radius 3 is 2.57 bits per heavy atom. The molecule has 0 aromatic heterocycles. The van der Waals surface area contributed by atoms with Crippen molar-refractivity contribution in [3.05, 3.63) is 0 Å². The van der Waals surface area contributed by atoms with Crippen molar-refractivity contribution in [2.45, 2.75) is 45.6 Å². The minimum atomic E-state index is 0. The minimum absolute atomic E-state index is 0. The van der Waals surface area contributed by atoms with E-state index < -0.39 is 0 Å². The lowest BCUT2D eigenvalue weighted by Crippen LogP contribution is -2.48. The normalized spacial score (nSPS) is 17.4. The Balaban J connectivity index is 0.00000400. The van der Waals surface area contributed by atoms with Gasteiger partial charge in [-0.15, -0.1) is 24.0 Å². The molecule has 4 nitrogen and oxygen atoms in total. The molecule has 0 aliphatic carbocycles. The van der Waals surface area contributed by atoms with E-state index in [9.17, 15) is 0 Å². The van der Waals surface area contributed by atoms with Gasteiger partial charge in [0, 0.05) is 32.2 Å². The predicted molar refractivity (Wildman–Crippen MR) is 107 cm³/mol. The van der Waals surface area contributed by atoms with Crippen molar-refractivity contribution in [3.8, 4) is 0 Å². The highest BCUT2D eigenvalue weighted by Crippen LogP contribution is 2.10. The summed E-state index contributed by atoms with van der Waals surface area (Å²) in [5.41, 5.74) is 0. The molecule has 0 atom stereocenters. The van der Waals surface area contributed by atoms with E-state index >= 15 is 0 Å². The molecule has 1 aliphatic heterocycles. The number of nitrogens with zero attached hydrogens (tertiary/aromatic N) is 2. The Kier molecular flexibility index (Phi) is 14.1. The molecule has 21 heavy (non-hydrogen) atoms. The summed E-state index contributed by atoms with van der Waals surface area (Å²) < 4.78 is 0. The van der Waals surface area contributed by atoms with Gasteiger partial charge in [-0.2, -0.15) is 11.8 Å². The van der Waals surface area contributed by atoms with Crippen LogP contribution in [0.5, 0.6) is 0 Å². The van der Waals surface area contributed by atoms with Crippen LogP contribution >= 0.6 is 35.7 Å². The third-order valence-corrected chi connectivity index (χ3v) is 4.29. The van der Waals surface area contributed by atoms with Gasteiger partial charge in [0.25, 0.3) is 0 Å². The Labute approximate surface area is 152 Å². The van der Waals surface area contributed by atoms with Crippen LogP contribution in [0.15, 0.2) is 4.99 Å². The van der Waals surface area contributed by atoms with Gasteiger partial charge in [-0.25, -0.2) is 0 Å². The van der Waals surface area contributed by atoms with Gasteiger partial charge in [-0.05, 0) is 51.2 Å². The van der Waals surface area contributed by atoms with Crippen LogP contribution in [0.4, 0.5) is 0 Å². The van der Waals surface area contributed by atoms with Gasteiger partial charge in [0.15, 0.2) is 5.96 Å². The summed E-state index contributed by atoms with van der Waals surface area (Å²) in [6.45, 7) is 9.93. The van der Waals surface area contributed by atoms with E-state index in [1.807, 2.05) is 11.8 Å². The predicted octanol–water partition coefficient (Wildman–Crippen LogP) is 2.79. The molecule has 0 radical (unpaired) electrons. The maximum absolute atomic E-state index is 4.67. The maximum atomic E-state index is 4.67. The Bertz CT molecular complexity index is 268. The van der Waals surface area contributed by atoms with E-state index in [0.29, 0.717) is 6.04 Å². The van der Waals surface area contributed by atoms with Crippen molar-refractivity contribution in [2.75, 3.05) is 44.7 Å². The van der Waals surface area contributed by atoms with Gasteiger partial charge >= 0.3 is 0 Å². The fraction of sp³-hybridized carbons (Fsp3) is 0.933. The van der Waals surface area contributed by atoms with E-state index in [1.165, 1.54) is 44.6 Å². The summed E-state index contributed by atoms with van der Waals surface area (Å²) in [7, 11) is 0. The van der Waals surface area contributed by atoms with Crippen molar-refractivity contribution in [2.24, 2.45) is 4.99 Å². The molecule has 0 unspecified atom stereocenters. The van der Waals surface area contributed by atoms with Gasteiger partial charge < -0.3 is 15.5 Å². The molecule has 0 aromatic rings. The number of guanidine groups is 1. The van der Waals surface area contributed by atoms with Crippen molar-refractivity contribution < 1.29 is 0 Å².